The highest BCUT2D eigenvalue weighted by atomic mass is 32.1. The molecule has 0 saturated carbocycles. The molecule has 0 amide bonds. The number of nitrogens with zero attached hydrogens (tertiary/aromatic N) is 5. The molecule has 0 fully saturated rings. The van der Waals surface area contributed by atoms with Crippen molar-refractivity contribution < 1.29 is 4.42 Å². The van der Waals surface area contributed by atoms with E-state index in [4.69, 9.17) is 29.3 Å². The van der Waals surface area contributed by atoms with Gasteiger partial charge in [0.15, 0.2) is 23.3 Å². The minimum absolute atomic E-state index is 0.585. The summed E-state index contributed by atoms with van der Waals surface area (Å²) in [7, 11) is 0. The van der Waals surface area contributed by atoms with Gasteiger partial charge in [-0.25, -0.2) is 24.9 Å². The highest BCUT2D eigenvalue weighted by Gasteiger charge is 2.18. The van der Waals surface area contributed by atoms with Crippen LogP contribution in [0.5, 0.6) is 0 Å². The maximum Gasteiger partial charge on any atom is 0.164 e. The van der Waals surface area contributed by atoms with Crippen molar-refractivity contribution in [3.63, 3.8) is 0 Å². The van der Waals surface area contributed by atoms with E-state index >= 15 is 0 Å². The van der Waals surface area contributed by atoms with Crippen LogP contribution < -0.4 is 0 Å². The van der Waals surface area contributed by atoms with Crippen LogP contribution in [0.1, 0.15) is 0 Å². The molecule has 6 nitrogen and oxygen atoms in total. The van der Waals surface area contributed by atoms with Gasteiger partial charge < -0.3 is 4.42 Å². The van der Waals surface area contributed by atoms with Crippen LogP contribution >= 0.6 is 11.3 Å². The van der Waals surface area contributed by atoms with Gasteiger partial charge in [0, 0.05) is 64.3 Å². The third-order valence-corrected chi connectivity index (χ3v) is 11.4. The fraction of sp³-hybridized carbons (Fsp3) is 0. The molecular formula is C49H29N5OS. The summed E-state index contributed by atoms with van der Waals surface area (Å²) in [6, 6.07) is 59.9. The molecule has 56 heavy (non-hydrogen) atoms. The average molecular weight is 736 g/mol. The average Bonchev–Trinajstić information content (AvgIpc) is 3.85. The summed E-state index contributed by atoms with van der Waals surface area (Å²) in [6.07, 6.45) is 0. The Morgan fingerprint density at radius 2 is 0.875 bits per heavy atom. The number of rotatable bonds is 6. The van der Waals surface area contributed by atoms with Crippen LogP contribution in [0.4, 0.5) is 0 Å². The Morgan fingerprint density at radius 1 is 0.339 bits per heavy atom. The van der Waals surface area contributed by atoms with Gasteiger partial charge in [-0.05, 0) is 30.3 Å². The standard InChI is InChI=1S/C49H29N5OS/c1-4-13-30(14-5-1)40-29-41(51-46(50-40)31-15-6-2-7-16-31)39-21-12-20-38-37-26-24-34(28-44(37)56-45(38)39)49-53-47(32-17-8-3-9-18-32)52-48(54-49)33-23-25-36-35-19-10-11-22-42(35)55-43(36)27-33/h1-29H. The Labute approximate surface area is 325 Å². The summed E-state index contributed by atoms with van der Waals surface area (Å²) in [5, 5.41) is 4.49. The SMILES string of the molecule is c1ccc(-c2cc(-c3cccc4c3sc3cc(-c5nc(-c6ccccc6)nc(-c6ccc7c(c6)oc6ccccc67)n5)ccc34)nc(-c3ccccc3)n2)cc1. The second-order valence-electron chi connectivity index (χ2n) is 13.7. The van der Waals surface area contributed by atoms with Crippen LogP contribution in [-0.4, -0.2) is 24.9 Å². The van der Waals surface area contributed by atoms with Gasteiger partial charge in [0.25, 0.3) is 0 Å². The highest BCUT2D eigenvalue weighted by molar-refractivity contribution is 7.26. The van der Waals surface area contributed by atoms with Crippen LogP contribution in [0, 0.1) is 0 Å². The molecule has 11 rings (SSSR count). The third kappa shape index (κ3) is 5.61. The van der Waals surface area contributed by atoms with Crippen molar-refractivity contribution in [2.45, 2.75) is 0 Å². The molecule has 262 valence electrons. The van der Waals surface area contributed by atoms with Gasteiger partial charge in [-0.1, -0.05) is 146 Å². The number of para-hydroxylation sites is 1. The topological polar surface area (TPSA) is 77.6 Å². The van der Waals surface area contributed by atoms with Crippen LogP contribution in [0.25, 0.3) is 110 Å². The van der Waals surface area contributed by atoms with E-state index in [2.05, 4.69) is 84.9 Å². The van der Waals surface area contributed by atoms with Crippen LogP contribution in [0.15, 0.2) is 180 Å². The molecular weight excluding hydrogens is 707 g/mol. The number of benzene rings is 7. The molecule has 7 heteroatoms. The molecule has 0 spiro atoms. The van der Waals surface area contributed by atoms with E-state index in [0.717, 1.165) is 76.1 Å². The van der Waals surface area contributed by atoms with Gasteiger partial charge in [0.1, 0.15) is 11.2 Å². The summed E-state index contributed by atoms with van der Waals surface area (Å²) in [6.45, 7) is 0. The van der Waals surface area contributed by atoms with Crippen LogP contribution in [-0.2, 0) is 0 Å². The molecule has 0 saturated heterocycles. The lowest BCUT2D eigenvalue weighted by molar-refractivity contribution is 0.669. The molecule has 0 atom stereocenters. The van der Waals surface area contributed by atoms with E-state index in [-0.39, 0.29) is 0 Å². The Bertz CT molecular complexity index is 3190. The Kier molecular flexibility index (Phi) is 7.57. The van der Waals surface area contributed by atoms with Crippen molar-refractivity contribution in [1.82, 2.24) is 24.9 Å². The molecule has 4 aromatic heterocycles. The monoisotopic (exact) mass is 735 g/mol. The van der Waals surface area contributed by atoms with Crippen LogP contribution in [0.2, 0.25) is 0 Å². The lowest BCUT2D eigenvalue weighted by atomic mass is 10.0. The first kappa shape index (κ1) is 32.1. The highest BCUT2D eigenvalue weighted by Crippen LogP contribution is 2.42. The van der Waals surface area contributed by atoms with Crippen molar-refractivity contribution in [3.05, 3.63) is 176 Å². The second-order valence-corrected chi connectivity index (χ2v) is 14.7. The van der Waals surface area contributed by atoms with Crippen molar-refractivity contribution in [3.8, 4) is 68.1 Å². The smallest absolute Gasteiger partial charge is 0.164 e. The van der Waals surface area contributed by atoms with E-state index in [1.165, 1.54) is 10.8 Å². The first-order valence-corrected chi connectivity index (χ1v) is 19.2. The van der Waals surface area contributed by atoms with Crippen molar-refractivity contribution in [2.75, 3.05) is 0 Å². The molecule has 7 aromatic carbocycles. The summed E-state index contributed by atoms with van der Waals surface area (Å²) in [5.74, 6) is 2.50. The summed E-state index contributed by atoms with van der Waals surface area (Å²) in [5.41, 5.74) is 9.20. The van der Waals surface area contributed by atoms with Crippen LogP contribution in [0.3, 0.4) is 0 Å². The van der Waals surface area contributed by atoms with Gasteiger partial charge in [0.05, 0.1) is 11.4 Å². The summed E-state index contributed by atoms with van der Waals surface area (Å²) >= 11 is 1.76. The van der Waals surface area contributed by atoms with Crippen molar-refractivity contribution in [2.24, 2.45) is 0 Å². The third-order valence-electron chi connectivity index (χ3n) is 10.2. The molecule has 0 N–H and O–H groups in total. The quantitative estimate of drug-likeness (QED) is 0.169. The maximum atomic E-state index is 6.24. The first-order valence-electron chi connectivity index (χ1n) is 18.4. The second kappa shape index (κ2) is 13.2. The fourth-order valence-electron chi connectivity index (χ4n) is 7.41. The molecule has 0 radical (unpaired) electrons. The Morgan fingerprint density at radius 3 is 1.59 bits per heavy atom. The normalized spacial score (nSPS) is 11.6. The van der Waals surface area contributed by atoms with E-state index in [0.29, 0.717) is 23.3 Å². The predicted molar refractivity (Wildman–Crippen MR) is 228 cm³/mol. The van der Waals surface area contributed by atoms with Gasteiger partial charge in [-0.15, -0.1) is 11.3 Å². The minimum Gasteiger partial charge on any atom is -0.456 e. The Balaban J connectivity index is 1.05. The number of hydrogen-bond donors (Lipinski definition) is 0. The Hall–Kier alpha value is -7.35. The van der Waals surface area contributed by atoms with Gasteiger partial charge in [-0.3, -0.25) is 0 Å². The first-order chi connectivity index (χ1) is 27.7. The van der Waals surface area contributed by atoms with Crippen molar-refractivity contribution >= 4 is 53.4 Å². The molecule has 0 aliphatic rings. The summed E-state index contributed by atoms with van der Waals surface area (Å²) in [4.78, 5) is 25.3. The molecule has 4 heterocycles. The van der Waals surface area contributed by atoms with E-state index in [1.807, 2.05) is 91.0 Å². The number of aromatic nitrogens is 5. The molecule has 0 unspecified atom stereocenters. The molecule has 0 aliphatic carbocycles. The zero-order chi connectivity index (χ0) is 37.0. The molecule has 0 aliphatic heterocycles. The lowest BCUT2D eigenvalue weighted by Crippen LogP contribution is -2.00. The van der Waals surface area contributed by atoms with Gasteiger partial charge >= 0.3 is 0 Å². The molecule has 0 bridgehead atoms. The lowest BCUT2D eigenvalue weighted by Gasteiger charge is -2.10. The number of furan rings is 1. The minimum atomic E-state index is 0.585. The van der Waals surface area contributed by atoms with Gasteiger partial charge in [-0.2, -0.15) is 0 Å². The van der Waals surface area contributed by atoms with Gasteiger partial charge in [0.2, 0.25) is 0 Å². The summed E-state index contributed by atoms with van der Waals surface area (Å²) < 4.78 is 8.54. The maximum absolute atomic E-state index is 6.24. The predicted octanol–water partition coefficient (Wildman–Crippen LogP) is 12.9. The largest absolute Gasteiger partial charge is 0.456 e. The van der Waals surface area contributed by atoms with E-state index in [1.54, 1.807) is 11.3 Å². The fourth-order valence-corrected chi connectivity index (χ4v) is 8.68. The number of fused-ring (bicyclic) bond motifs is 6. The molecule has 11 aromatic rings. The zero-order valence-electron chi connectivity index (χ0n) is 29.8. The zero-order valence-corrected chi connectivity index (χ0v) is 30.6. The van der Waals surface area contributed by atoms with E-state index < -0.39 is 0 Å². The van der Waals surface area contributed by atoms with Crippen molar-refractivity contribution in [1.29, 1.82) is 0 Å². The number of thiophene rings is 1. The van der Waals surface area contributed by atoms with E-state index in [9.17, 15) is 0 Å². The number of hydrogen-bond acceptors (Lipinski definition) is 7.